The molecule has 0 aliphatic rings. The number of halogens is 1. The summed E-state index contributed by atoms with van der Waals surface area (Å²) in [4.78, 5) is 11.1. The van der Waals surface area contributed by atoms with Crippen molar-refractivity contribution in [3.8, 4) is 0 Å². The summed E-state index contributed by atoms with van der Waals surface area (Å²) >= 11 is 3.25. The predicted octanol–water partition coefficient (Wildman–Crippen LogP) is 1.10. The largest absolute Gasteiger partial charge is 0.464 e. The summed E-state index contributed by atoms with van der Waals surface area (Å²) in [5, 5.41) is 4.70. The number of carbonyl (C=O) groups excluding carboxylic acids is 1. The van der Waals surface area contributed by atoms with Crippen molar-refractivity contribution >= 4 is 21.9 Å². The zero-order valence-electron chi connectivity index (χ0n) is 6.87. The number of esters is 1. The van der Waals surface area contributed by atoms with Crippen LogP contribution in [-0.4, -0.2) is 22.9 Å². The molecule has 0 saturated heterocycles. The summed E-state index contributed by atoms with van der Waals surface area (Å²) in [5.41, 5.74) is 1.28. The lowest BCUT2D eigenvalue weighted by atomic mass is 10.4. The first-order valence-corrected chi connectivity index (χ1v) is 4.48. The molecule has 0 saturated carbocycles. The Bertz CT molecular complexity index is 296. The zero-order valence-corrected chi connectivity index (χ0v) is 8.46. The van der Waals surface area contributed by atoms with E-state index in [0.29, 0.717) is 11.0 Å². The molecule has 0 fully saturated rings. The maximum Gasteiger partial charge on any atom is 0.356 e. The van der Waals surface area contributed by atoms with E-state index in [0.717, 1.165) is 5.69 Å². The van der Waals surface area contributed by atoms with Crippen LogP contribution >= 0.6 is 15.9 Å². The van der Waals surface area contributed by atoms with Crippen molar-refractivity contribution in [1.29, 1.82) is 0 Å². The Morgan fingerprint density at radius 1 is 1.83 bits per heavy atom. The molecule has 0 N–H and O–H groups in total. The summed E-state index contributed by atoms with van der Waals surface area (Å²) in [6.45, 7) is 0. The third-order valence-corrected chi connectivity index (χ3v) is 2.04. The van der Waals surface area contributed by atoms with Crippen molar-refractivity contribution in [1.82, 2.24) is 9.78 Å². The smallest absolute Gasteiger partial charge is 0.356 e. The third-order valence-electron chi connectivity index (χ3n) is 1.46. The van der Waals surface area contributed by atoms with Crippen LogP contribution in [0.3, 0.4) is 0 Å². The van der Waals surface area contributed by atoms with E-state index in [2.05, 4.69) is 25.8 Å². The summed E-state index contributed by atoms with van der Waals surface area (Å²) in [5.74, 6) is -0.364. The van der Waals surface area contributed by atoms with Gasteiger partial charge in [0.15, 0.2) is 0 Å². The first-order valence-electron chi connectivity index (χ1n) is 3.36. The molecule has 0 unspecified atom stereocenters. The van der Waals surface area contributed by atoms with Crippen LogP contribution in [0, 0.1) is 0 Å². The van der Waals surface area contributed by atoms with E-state index in [1.165, 1.54) is 11.8 Å². The maximum absolute atomic E-state index is 11.1. The van der Waals surface area contributed by atoms with Gasteiger partial charge in [-0.05, 0) is 6.07 Å². The molecular formula is C7H9BrN2O2. The summed E-state index contributed by atoms with van der Waals surface area (Å²) < 4.78 is 6.06. The van der Waals surface area contributed by atoms with Gasteiger partial charge in [0.05, 0.1) is 12.8 Å². The molecule has 0 radical (unpaired) electrons. The molecule has 1 rings (SSSR count). The van der Waals surface area contributed by atoms with Crippen LogP contribution in [0.2, 0.25) is 0 Å². The van der Waals surface area contributed by atoms with Crippen molar-refractivity contribution in [2.24, 2.45) is 7.05 Å². The van der Waals surface area contributed by atoms with Crippen LogP contribution in [0.25, 0.3) is 0 Å². The van der Waals surface area contributed by atoms with Crippen LogP contribution in [-0.2, 0) is 17.1 Å². The minimum absolute atomic E-state index is 0.364. The quantitative estimate of drug-likeness (QED) is 0.567. The number of methoxy groups -OCH3 is 1. The Hall–Kier alpha value is -0.840. The molecule has 5 heteroatoms. The molecule has 66 valence electrons. The van der Waals surface area contributed by atoms with Gasteiger partial charge in [-0.15, -0.1) is 0 Å². The van der Waals surface area contributed by atoms with Gasteiger partial charge in [-0.2, -0.15) is 5.10 Å². The van der Waals surface area contributed by atoms with Crippen molar-refractivity contribution in [2.75, 3.05) is 7.11 Å². The van der Waals surface area contributed by atoms with E-state index < -0.39 is 0 Å². The average Bonchev–Trinajstić information content (AvgIpc) is 2.45. The number of alkyl halides is 1. The fraction of sp³-hybridized carbons (Fsp3) is 0.429. The van der Waals surface area contributed by atoms with Gasteiger partial charge in [-0.25, -0.2) is 4.79 Å². The normalized spacial score (nSPS) is 9.92. The first-order chi connectivity index (χ1) is 5.69. The lowest BCUT2D eigenvalue weighted by Crippen LogP contribution is -2.07. The number of nitrogens with zero attached hydrogens (tertiary/aromatic N) is 2. The molecule has 12 heavy (non-hydrogen) atoms. The Morgan fingerprint density at radius 2 is 2.50 bits per heavy atom. The van der Waals surface area contributed by atoms with Gasteiger partial charge in [0, 0.05) is 12.4 Å². The van der Waals surface area contributed by atoms with Crippen molar-refractivity contribution in [3.63, 3.8) is 0 Å². The van der Waals surface area contributed by atoms with Crippen molar-refractivity contribution in [3.05, 3.63) is 17.5 Å². The summed E-state index contributed by atoms with van der Waals surface area (Å²) in [6, 6.07) is 1.70. The molecule has 1 aromatic heterocycles. The lowest BCUT2D eigenvalue weighted by Gasteiger charge is -1.96. The van der Waals surface area contributed by atoms with E-state index in [4.69, 9.17) is 0 Å². The highest BCUT2D eigenvalue weighted by Crippen LogP contribution is 2.07. The Balaban J connectivity index is 2.99. The molecule has 0 amide bonds. The van der Waals surface area contributed by atoms with Gasteiger partial charge in [0.1, 0.15) is 5.69 Å². The minimum Gasteiger partial charge on any atom is -0.464 e. The van der Waals surface area contributed by atoms with Gasteiger partial charge in [0.2, 0.25) is 0 Å². The maximum atomic E-state index is 11.1. The minimum atomic E-state index is -0.364. The van der Waals surface area contributed by atoms with Crippen LogP contribution in [0.4, 0.5) is 0 Å². The predicted molar refractivity (Wildman–Crippen MR) is 47.2 cm³/mol. The number of aryl methyl sites for hydroxylation is 1. The molecule has 1 heterocycles. The Labute approximate surface area is 78.6 Å². The average molecular weight is 233 g/mol. The number of carbonyl (C=O) groups is 1. The number of aromatic nitrogens is 2. The summed E-state index contributed by atoms with van der Waals surface area (Å²) in [6.07, 6.45) is 0. The molecule has 0 atom stereocenters. The number of ether oxygens (including phenoxy) is 1. The summed E-state index contributed by atoms with van der Waals surface area (Å²) in [7, 11) is 3.06. The second-order valence-electron chi connectivity index (χ2n) is 2.27. The standard InChI is InChI=1S/C7H9BrN2O2/c1-10-6(7(11)12-2)3-5(4-8)9-10/h3H,4H2,1-2H3. The van der Waals surface area contributed by atoms with Gasteiger partial charge in [0.25, 0.3) is 0 Å². The van der Waals surface area contributed by atoms with Crippen LogP contribution in [0.15, 0.2) is 6.07 Å². The van der Waals surface area contributed by atoms with Gasteiger partial charge < -0.3 is 4.74 Å². The molecule has 0 bridgehead atoms. The first kappa shape index (κ1) is 9.25. The SMILES string of the molecule is COC(=O)c1cc(CBr)nn1C. The van der Waals surface area contributed by atoms with Crippen LogP contribution < -0.4 is 0 Å². The molecule has 1 aromatic rings. The number of rotatable bonds is 2. The van der Waals surface area contributed by atoms with Gasteiger partial charge in [-0.1, -0.05) is 15.9 Å². The monoisotopic (exact) mass is 232 g/mol. The molecule has 0 aromatic carbocycles. The molecule has 0 aliphatic heterocycles. The highest BCUT2D eigenvalue weighted by molar-refractivity contribution is 9.08. The Morgan fingerprint density at radius 3 is 2.92 bits per heavy atom. The van der Waals surface area contributed by atoms with Crippen LogP contribution in [0.1, 0.15) is 16.2 Å². The molecule has 4 nitrogen and oxygen atoms in total. The van der Waals surface area contributed by atoms with E-state index in [-0.39, 0.29) is 5.97 Å². The van der Waals surface area contributed by atoms with E-state index >= 15 is 0 Å². The van der Waals surface area contributed by atoms with Gasteiger partial charge in [-0.3, -0.25) is 4.68 Å². The fourth-order valence-electron chi connectivity index (χ4n) is 0.888. The van der Waals surface area contributed by atoms with Crippen molar-refractivity contribution < 1.29 is 9.53 Å². The molecule has 0 spiro atoms. The van der Waals surface area contributed by atoms with E-state index in [9.17, 15) is 4.79 Å². The number of hydrogen-bond acceptors (Lipinski definition) is 3. The molecule has 0 aliphatic carbocycles. The third kappa shape index (κ3) is 1.66. The van der Waals surface area contributed by atoms with E-state index in [1.54, 1.807) is 13.1 Å². The second-order valence-corrected chi connectivity index (χ2v) is 2.83. The van der Waals surface area contributed by atoms with Gasteiger partial charge >= 0.3 is 5.97 Å². The lowest BCUT2D eigenvalue weighted by molar-refractivity contribution is 0.0588. The topological polar surface area (TPSA) is 44.1 Å². The number of hydrogen-bond donors (Lipinski definition) is 0. The highest BCUT2D eigenvalue weighted by Gasteiger charge is 2.12. The second kappa shape index (κ2) is 3.71. The van der Waals surface area contributed by atoms with Crippen LogP contribution in [0.5, 0.6) is 0 Å². The Kier molecular flexibility index (Phi) is 2.86. The zero-order chi connectivity index (χ0) is 9.14. The van der Waals surface area contributed by atoms with Crippen molar-refractivity contribution in [2.45, 2.75) is 5.33 Å². The fourth-order valence-corrected chi connectivity index (χ4v) is 1.16. The molecular weight excluding hydrogens is 224 g/mol. The van der Waals surface area contributed by atoms with E-state index in [1.807, 2.05) is 0 Å². The highest BCUT2D eigenvalue weighted by atomic mass is 79.9.